The second-order valence-corrected chi connectivity index (χ2v) is 8.63. The molecule has 1 aromatic rings. The molecule has 0 radical (unpaired) electrons. The first-order valence-electron chi connectivity index (χ1n) is 9.44. The van der Waals surface area contributed by atoms with E-state index in [1.165, 1.54) is 16.9 Å². The minimum Gasteiger partial charge on any atom is -0.465 e. The van der Waals surface area contributed by atoms with Crippen molar-refractivity contribution in [2.45, 2.75) is 62.9 Å². The molecule has 2 fully saturated rings. The minimum absolute atomic E-state index is 0.141. The number of carbonyl (C=O) groups is 1. The van der Waals surface area contributed by atoms with E-state index in [1.807, 2.05) is 0 Å². The minimum atomic E-state index is -0.811. The van der Waals surface area contributed by atoms with Crippen molar-refractivity contribution in [2.24, 2.45) is 5.92 Å². The number of benzene rings is 1. The number of aliphatic hydroxyl groups is 1. The highest BCUT2D eigenvalue weighted by Crippen LogP contribution is 2.44. The lowest BCUT2D eigenvalue weighted by Crippen LogP contribution is -2.42. The van der Waals surface area contributed by atoms with Crippen LogP contribution in [-0.2, 0) is 0 Å². The molecule has 0 aromatic heterocycles. The van der Waals surface area contributed by atoms with Crippen LogP contribution in [0.15, 0.2) is 28.7 Å². The predicted octanol–water partition coefficient (Wildman–Crippen LogP) is 5.01. The fraction of sp³-hybridized carbons (Fsp3) is 0.650. The first kappa shape index (κ1) is 18.7. The van der Waals surface area contributed by atoms with E-state index in [1.54, 1.807) is 0 Å². The first-order chi connectivity index (χ1) is 12.0. The number of hydrogen-bond acceptors (Lipinski definition) is 2. The van der Waals surface area contributed by atoms with E-state index in [9.17, 15) is 9.90 Å². The molecule has 1 aromatic carbocycles. The molecule has 1 amide bonds. The molecule has 1 heterocycles. The SMILES string of the molecule is O=C(O)N1CCC(CC(c2ccc(Br)cc2)C2(O)CCCCC2)CC1. The molecular weight excluding hydrogens is 382 g/mol. The Balaban J connectivity index is 1.75. The van der Waals surface area contributed by atoms with Crippen LogP contribution in [0.4, 0.5) is 4.79 Å². The van der Waals surface area contributed by atoms with E-state index in [-0.39, 0.29) is 5.92 Å². The van der Waals surface area contributed by atoms with Gasteiger partial charge in [-0.1, -0.05) is 47.3 Å². The highest BCUT2D eigenvalue weighted by molar-refractivity contribution is 9.10. The van der Waals surface area contributed by atoms with Gasteiger partial charge in [-0.25, -0.2) is 4.79 Å². The van der Waals surface area contributed by atoms with Gasteiger partial charge in [-0.15, -0.1) is 0 Å². The maximum Gasteiger partial charge on any atom is 0.407 e. The van der Waals surface area contributed by atoms with Gasteiger partial charge in [0.15, 0.2) is 0 Å². The first-order valence-corrected chi connectivity index (χ1v) is 10.2. The van der Waals surface area contributed by atoms with E-state index >= 15 is 0 Å². The van der Waals surface area contributed by atoms with Crippen molar-refractivity contribution in [3.63, 3.8) is 0 Å². The summed E-state index contributed by atoms with van der Waals surface area (Å²) in [6, 6.07) is 8.38. The number of amides is 1. The van der Waals surface area contributed by atoms with E-state index in [4.69, 9.17) is 5.11 Å². The molecule has 0 spiro atoms. The van der Waals surface area contributed by atoms with Crippen LogP contribution in [0.3, 0.4) is 0 Å². The van der Waals surface area contributed by atoms with Crippen LogP contribution in [-0.4, -0.2) is 39.9 Å². The second kappa shape index (κ2) is 8.09. The average molecular weight is 410 g/mol. The molecule has 1 saturated carbocycles. The van der Waals surface area contributed by atoms with Crippen LogP contribution in [0.25, 0.3) is 0 Å². The van der Waals surface area contributed by atoms with Crippen LogP contribution >= 0.6 is 15.9 Å². The number of piperidine rings is 1. The molecule has 1 saturated heterocycles. The zero-order valence-corrected chi connectivity index (χ0v) is 16.2. The lowest BCUT2D eigenvalue weighted by atomic mass is 9.69. The van der Waals surface area contributed by atoms with Gasteiger partial charge in [0, 0.05) is 23.5 Å². The molecule has 138 valence electrons. The highest BCUT2D eigenvalue weighted by atomic mass is 79.9. The molecule has 4 nitrogen and oxygen atoms in total. The molecular formula is C20H28BrNO3. The third-order valence-electron chi connectivity index (χ3n) is 6.09. The van der Waals surface area contributed by atoms with Gasteiger partial charge in [0.2, 0.25) is 0 Å². The van der Waals surface area contributed by atoms with E-state index in [0.717, 1.165) is 49.4 Å². The topological polar surface area (TPSA) is 60.8 Å². The van der Waals surface area contributed by atoms with Gasteiger partial charge in [0.1, 0.15) is 0 Å². The standard InChI is InChI=1S/C20H28BrNO3/c21-17-6-4-16(5-7-17)18(20(25)10-2-1-3-11-20)14-15-8-12-22(13-9-15)19(23)24/h4-7,15,18,25H,1-3,8-14H2,(H,23,24). The summed E-state index contributed by atoms with van der Waals surface area (Å²) in [4.78, 5) is 12.6. The van der Waals surface area contributed by atoms with Crippen molar-refractivity contribution < 1.29 is 15.0 Å². The predicted molar refractivity (Wildman–Crippen MR) is 102 cm³/mol. The number of hydrogen-bond donors (Lipinski definition) is 2. The van der Waals surface area contributed by atoms with Gasteiger partial charge < -0.3 is 15.1 Å². The Morgan fingerprint density at radius 1 is 1.16 bits per heavy atom. The van der Waals surface area contributed by atoms with Crippen LogP contribution in [0, 0.1) is 5.92 Å². The monoisotopic (exact) mass is 409 g/mol. The van der Waals surface area contributed by atoms with Crippen molar-refractivity contribution in [3.8, 4) is 0 Å². The lowest BCUT2D eigenvalue weighted by molar-refractivity contribution is -0.0305. The Morgan fingerprint density at radius 3 is 2.32 bits per heavy atom. The van der Waals surface area contributed by atoms with Gasteiger partial charge in [0.25, 0.3) is 0 Å². The lowest BCUT2D eigenvalue weighted by Gasteiger charge is -2.42. The van der Waals surface area contributed by atoms with Crippen molar-refractivity contribution in [1.82, 2.24) is 4.90 Å². The number of likely N-dealkylation sites (tertiary alicyclic amines) is 1. The third-order valence-corrected chi connectivity index (χ3v) is 6.62. The van der Waals surface area contributed by atoms with E-state index < -0.39 is 11.7 Å². The molecule has 1 atom stereocenters. The van der Waals surface area contributed by atoms with Gasteiger partial charge in [-0.05, 0) is 55.7 Å². The summed E-state index contributed by atoms with van der Waals surface area (Å²) >= 11 is 3.50. The van der Waals surface area contributed by atoms with E-state index in [0.29, 0.717) is 19.0 Å². The zero-order chi connectivity index (χ0) is 17.9. The summed E-state index contributed by atoms with van der Waals surface area (Å²) in [7, 11) is 0. The largest absolute Gasteiger partial charge is 0.465 e. The van der Waals surface area contributed by atoms with Crippen molar-refractivity contribution in [1.29, 1.82) is 0 Å². The summed E-state index contributed by atoms with van der Waals surface area (Å²) < 4.78 is 1.06. The summed E-state index contributed by atoms with van der Waals surface area (Å²) in [5.74, 6) is 0.623. The molecule has 0 bridgehead atoms. The van der Waals surface area contributed by atoms with Gasteiger partial charge >= 0.3 is 6.09 Å². The number of halogens is 1. The number of nitrogens with zero attached hydrogens (tertiary/aromatic N) is 1. The maximum atomic E-state index is 11.4. The fourth-order valence-corrected chi connectivity index (χ4v) is 4.83. The van der Waals surface area contributed by atoms with Crippen LogP contribution < -0.4 is 0 Å². The van der Waals surface area contributed by atoms with Gasteiger partial charge in [-0.2, -0.15) is 0 Å². The number of rotatable bonds is 4. The third kappa shape index (κ3) is 4.56. The van der Waals surface area contributed by atoms with Gasteiger partial charge in [-0.3, -0.25) is 0 Å². The summed E-state index contributed by atoms with van der Waals surface area (Å²) in [6.07, 6.45) is 7.10. The Bertz CT molecular complexity index is 575. The maximum absolute atomic E-state index is 11.4. The summed E-state index contributed by atoms with van der Waals surface area (Å²) in [5, 5.41) is 20.5. The molecule has 5 heteroatoms. The normalized spacial score (nSPS) is 22.6. The summed E-state index contributed by atoms with van der Waals surface area (Å²) in [5.41, 5.74) is 0.601. The Hall–Kier alpha value is -1.07. The Labute approximate surface area is 158 Å². The Morgan fingerprint density at radius 2 is 1.76 bits per heavy atom. The fourth-order valence-electron chi connectivity index (χ4n) is 4.57. The second-order valence-electron chi connectivity index (χ2n) is 7.72. The molecule has 2 aliphatic rings. The van der Waals surface area contributed by atoms with Crippen LogP contribution in [0.1, 0.15) is 62.8 Å². The summed E-state index contributed by atoms with van der Waals surface area (Å²) in [6.45, 7) is 1.23. The number of carboxylic acid groups (broad SMARTS) is 1. The molecule has 1 aliphatic heterocycles. The Kier molecular flexibility index (Phi) is 6.05. The molecule has 25 heavy (non-hydrogen) atoms. The van der Waals surface area contributed by atoms with Crippen LogP contribution in [0.5, 0.6) is 0 Å². The smallest absolute Gasteiger partial charge is 0.407 e. The van der Waals surface area contributed by atoms with Crippen molar-refractivity contribution in [2.75, 3.05) is 13.1 Å². The quantitative estimate of drug-likeness (QED) is 0.734. The van der Waals surface area contributed by atoms with Gasteiger partial charge in [0.05, 0.1) is 5.60 Å². The van der Waals surface area contributed by atoms with E-state index in [2.05, 4.69) is 40.2 Å². The zero-order valence-electron chi connectivity index (χ0n) is 14.7. The average Bonchev–Trinajstić information content (AvgIpc) is 2.61. The highest BCUT2D eigenvalue weighted by Gasteiger charge is 2.40. The molecule has 3 rings (SSSR count). The van der Waals surface area contributed by atoms with Crippen molar-refractivity contribution >= 4 is 22.0 Å². The molecule has 1 unspecified atom stereocenters. The molecule has 2 N–H and O–H groups in total. The molecule has 1 aliphatic carbocycles. The van der Waals surface area contributed by atoms with Crippen LogP contribution in [0.2, 0.25) is 0 Å². The van der Waals surface area contributed by atoms with Crippen molar-refractivity contribution in [3.05, 3.63) is 34.3 Å².